The highest BCUT2D eigenvalue weighted by Gasteiger charge is 1.99. The molecule has 0 atom stereocenters. The van der Waals surface area contributed by atoms with Crippen molar-refractivity contribution in [3.8, 4) is 0 Å². The molecule has 0 saturated carbocycles. The van der Waals surface area contributed by atoms with Gasteiger partial charge < -0.3 is 10.6 Å². The summed E-state index contributed by atoms with van der Waals surface area (Å²) in [5.74, 6) is -0.322. The van der Waals surface area contributed by atoms with Crippen molar-refractivity contribution in [1.82, 2.24) is 10.6 Å². The van der Waals surface area contributed by atoms with Crippen LogP contribution >= 0.6 is 11.6 Å². The molecule has 5 heteroatoms. The van der Waals surface area contributed by atoms with Gasteiger partial charge in [0.15, 0.2) is 0 Å². The highest BCUT2D eigenvalue weighted by atomic mass is 35.5. The number of nitrogens with one attached hydrogen (secondary N) is 2. The second-order valence-corrected chi connectivity index (χ2v) is 4.78. The van der Waals surface area contributed by atoms with Crippen LogP contribution in [0.3, 0.4) is 0 Å². The molecule has 0 bridgehead atoms. The van der Waals surface area contributed by atoms with E-state index in [4.69, 9.17) is 11.6 Å². The van der Waals surface area contributed by atoms with Crippen LogP contribution < -0.4 is 10.6 Å². The summed E-state index contributed by atoms with van der Waals surface area (Å²) in [5.41, 5.74) is 1.62. The van der Waals surface area contributed by atoms with E-state index >= 15 is 0 Å². The fraction of sp³-hybridized carbons (Fsp3) is 0.0625. The smallest absolute Gasteiger partial charge is 0.319 e. The van der Waals surface area contributed by atoms with E-state index in [1.165, 1.54) is 18.3 Å². The molecule has 0 aromatic heterocycles. The lowest BCUT2D eigenvalue weighted by Gasteiger charge is -2.04. The third-order valence-electron chi connectivity index (χ3n) is 2.70. The quantitative estimate of drug-likeness (QED) is 0.882. The number of amides is 2. The minimum absolute atomic E-state index is 0.262. The molecule has 0 fully saturated rings. The first-order valence-corrected chi connectivity index (χ1v) is 6.72. The lowest BCUT2D eigenvalue weighted by atomic mass is 10.2. The minimum Gasteiger partial charge on any atom is -0.334 e. The van der Waals surface area contributed by atoms with Crippen LogP contribution in [0.4, 0.5) is 9.18 Å². The van der Waals surface area contributed by atoms with Crippen LogP contribution in [0.2, 0.25) is 5.02 Å². The van der Waals surface area contributed by atoms with Gasteiger partial charge in [0.05, 0.1) is 0 Å². The highest BCUT2D eigenvalue weighted by molar-refractivity contribution is 6.30. The van der Waals surface area contributed by atoms with Crippen LogP contribution in [0.1, 0.15) is 11.1 Å². The zero-order chi connectivity index (χ0) is 15.1. The van der Waals surface area contributed by atoms with E-state index in [0.717, 1.165) is 5.56 Å². The normalized spacial score (nSPS) is 10.6. The summed E-state index contributed by atoms with van der Waals surface area (Å²) in [7, 11) is 0. The molecule has 2 aromatic carbocycles. The van der Waals surface area contributed by atoms with Crippen LogP contribution in [-0.4, -0.2) is 6.03 Å². The van der Waals surface area contributed by atoms with E-state index in [0.29, 0.717) is 10.6 Å². The number of carbonyl (C=O) groups excluding carboxylic acids is 1. The van der Waals surface area contributed by atoms with Crippen molar-refractivity contribution in [1.29, 1.82) is 0 Å². The molecule has 0 spiro atoms. The second-order valence-electron chi connectivity index (χ2n) is 4.34. The van der Waals surface area contributed by atoms with E-state index in [1.54, 1.807) is 30.3 Å². The Balaban J connectivity index is 1.78. The molecule has 2 amide bonds. The van der Waals surface area contributed by atoms with Crippen molar-refractivity contribution < 1.29 is 9.18 Å². The second kappa shape index (κ2) is 7.45. The van der Waals surface area contributed by atoms with Gasteiger partial charge in [0.1, 0.15) is 5.82 Å². The van der Waals surface area contributed by atoms with Gasteiger partial charge in [0, 0.05) is 17.8 Å². The van der Waals surface area contributed by atoms with E-state index < -0.39 is 0 Å². The highest BCUT2D eigenvalue weighted by Crippen LogP contribution is 2.10. The first kappa shape index (κ1) is 15.1. The lowest BCUT2D eigenvalue weighted by Crippen LogP contribution is -2.31. The molecule has 0 aliphatic heterocycles. The topological polar surface area (TPSA) is 41.1 Å². The summed E-state index contributed by atoms with van der Waals surface area (Å²) in [4.78, 5) is 11.6. The summed E-state index contributed by atoms with van der Waals surface area (Å²) in [6.45, 7) is 0.262. The van der Waals surface area contributed by atoms with Gasteiger partial charge in [-0.05, 0) is 41.5 Å². The SMILES string of the molecule is O=C(N/C=C/c1ccc(Cl)cc1)NCc1cccc(F)c1. The monoisotopic (exact) mass is 304 g/mol. The Morgan fingerprint density at radius 1 is 1.19 bits per heavy atom. The molecule has 2 N–H and O–H groups in total. The number of carbonyl (C=O) groups is 1. The molecule has 0 heterocycles. The number of rotatable bonds is 4. The minimum atomic E-state index is -0.357. The van der Waals surface area contributed by atoms with Crippen molar-refractivity contribution >= 4 is 23.7 Å². The van der Waals surface area contributed by atoms with Gasteiger partial charge in [-0.1, -0.05) is 35.9 Å². The molecule has 0 saturated heterocycles. The van der Waals surface area contributed by atoms with Gasteiger partial charge in [-0.25, -0.2) is 9.18 Å². The van der Waals surface area contributed by atoms with Gasteiger partial charge in [-0.2, -0.15) is 0 Å². The van der Waals surface area contributed by atoms with E-state index in [2.05, 4.69) is 10.6 Å². The molecule has 0 aliphatic rings. The number of hydrogen-bond acceptors (Lipinski definition) is 1. The van der Waals surface area contributed by atoms with E-state index in [-0.39, 0.29) is 18.4 Å². The first-order chi connectivity index (χ1) is 10.1. The molecule has 2 aromatic rings. The predicted octanol–water partition coefficient (Wildman–Crippen LogP) is 3.95. The van der Waals surface area contributed by atoms with Crippen molar-refractivity contribution in [3.63, 3.8) is 0 Å². The zero-order valence-electron chi connectivity index (χ0n) is 11.1. The predicted molar refractivity (Wildman–Crippen MR) is 82.3 cm³/mol. The molecule has 0 radical (unpaired) electrons. The summed E-state index contributed by atoms with van der Waals surface area (Å²) in [6, 6.07) is 12.9. The third kappa shape index (κ3) is 5.28. The Morgan fingerprint density at radius 2 is 1.95 bits per heavy atom. The Labute approximate surface area is 127 Å². The molecule has 3 nitrogen and oxygen atoms in total. The van der Waals surface area contributed by atoms with Crippen molar-refractivity contribution in [2.45, 2.75) is 6.54 Å². The van der Waals surface area contributed by atoms with E-state index in [1.807, 2.05) is 12.1 Å². The number of hydrogen-bond donors (Lipinski definition) is 2. The Bertz CT molecular complexity index is 641. The number of halogens is 2. The van der Waals surface area contributed by atoms with Gasteiger partial charge in [-0.15, -0.1) is 0 Å². The Hall–Kier alpha value is -2.33. The average Bonchev–Trinajstić information content (AvgIpc) is 2.47. The third-order valence-corrected chi connectivity index (χ3v) is 2.95. The van der Waals surface area contributed by atoms with Crippen molar-refractivity contribution in [3.05, 3.63) is 76.7 Å². The Kier molecular flexibility index (Phi) is 5.35. The number of urea groups is 1. The van der Waals surface area contributed by atoms with Crippen LogP contribution in [0.15, 0.2) is 54.7 Å². The van der Waals surface area contributed by atoms with Crippen LogP contribution in [0.5, 0.6) is 0 Å². The van der Waals surface area contributed by atoms with Gasteiger partial charge in [0.2, 0.25) is 0 Å². The molecular weight excluding hydrogens is 291 g/mol. The fourth-order valence-corrected chi connectivity index (χ4v) is 1.79. The largest absolute Gasteiger partial charge is 0.334 e. The van der Waals surface area contributed by atoms with Crippen LogP contribution in [-0.2, 0) is 6.54 Å². The maximum Gasteiger partial charge on any atom is 0.319 e. The van der Waals surface area contributed by atoms with Gasteiger partial charge >= 0.3 is 6.03 Å². The fourth-order valence-electron chi connectivity index (χ4n) is 1.67. The Morgan fingerprint density at radius 3 is 2.67 bits per heavy atom. The van der Waals surface area contributed by atoms with Crippen LogP contribution in [0, 0.1) is 5.82 Å². The zero-order valence-corrected chi connectivity index (χ0v) is 11.9. The van der Waals surface area contributed by atoms with Gasteiger partial charge in [0.25, 0.3) is 0 Å². The molecular formula is C16H14ClFN2O. The maximum atomic E-state index is 13.0. The summed E-state index contributed by atoms with van der Waals surface area (Å²) in [6.07, 6.45) is 3.28. The van der Waals surface area contributed by atoms with E-state index in [9.17, 15) is 9.18 Å². The lowest BCUT2D eigenvalue weighted by molar-refractivity contribution is 0.244. The summed E-state index contributed by atoms with van der Waals surface area (Å²) in [5, 5.41) is 5.87. The maximum absolute atomic E-state index is 13.0. The molecule has 0 aliphatic carbocycles. The first-order valence-electron chi connectivity index (χ1n) is 6.34. The van der Waals surface area contributed by atoms with Gasteiger partial charge in [-0.3, -0.25) is 0 Å². The standard InChI is InChI=1S/C16H14ClFN2O/c17-14-6-4-12(5-7-14)8-9-19-16(21)20-11-13-2-1-3-15(18)10-13/h1-10H,11H2,(H2,19,20,21)/b9-8+. The number of benzene rings is 2. The molecule has 2 rings (SSSR count). The van der Waals surface area contributed by atoms with Crippen molar-refractivity contribution in [2.75, 3.05) is 0 Å². The van der Waals surface area contributed by atoms with Crippen molar-refractivity contribution in [2.24, 2.45) is 0 Å². The molecule has 0 unspecified atom stereocenters. The molecule has 108 valence electrons. The summed E-state index contributed by atoms with van der Waals surface area (Å²) >= 11 is 5.78. The average molecular weight is 305 g/mol. The summed E-state index contributed by atoms with van der Waals surface area (Å²) < 4.78 is 13.0. The molecule has 21 heavy (non-hydrogen) atoms. The van der Waals surface area contributed by atoms with Crippen LogP contribution in [0.25, 0.3) is 6.08 Å².